The van der Waals surface area contributed by atoms with Gasteiger partial charge in [0, 0.05) is 19.2 Å². The van der Waals surface area contributed by atoms with Gasteiger partial charge in [-0.05, 0) is 25.1 Å². The molecule has 7 nitrogen and oxygen atoms in total. The first kappa shape index (κ1) is 14.5. The normalized spacial score (nSPS) is 21.8. The molecular formula is C15H18N4O3. The third-order valence-electron chi connectivity index (χ3n) is 3.94. The third kappa shape index (κ3) is 2.43. The van der Waals surface area contributed by atoms with E-state index in [1.54, 1.807) is 43.4 Å². The van der Waals surface area contributed by atoms with E-state index in [2.05, 4.69) is 15.3 Å². The number of H-pyrrole nitrogens is 1. The Bertz CT molecular complexity index is 726. The highest BCUT2D eigenvalue weighted by molar-refractivity contribution is 5.98. The number of aromatic nitrogens is 2. The van der Waals surface area contributed by atoms with Crippen molar-refractivity contribution in [2.24, 2.45) is 0 Å². The Labute approximate surface area is 127 Å². The number of aromatic amines is 1. The predicted molar refractivity (Wildman–Crippen MR) is 80.4 cm³/mol. The van der Waals surface area contributed by atoms with Crippen LogP contribution in [0.4, 0.5) is 0 Å². The van der Waals surface area contributed by atoms with Crippen molar-refractivity contribution in [1.82, 2.24) is 20.2 Å². The molecule has 0 radical (unpaired) electrons. The van der Waals surface area contributed by atoms with Crippen molar-refractivity contribution < 1.29 is 14.3 Å². The van der Waals surface area contributed by atoms with Gasteiger partial charge in [-0.2, -0.15) is 0 Å². The topological polar surface area (TPSA) is 87.3 Å². The highest BCUT2D eigenvalue weighted by atomic mass is 16.5. The van der Waals surface area contributed by atoms with Crippen LogP contribution in [0.5, 0.6) is 0 Å². The summed E-state index contributed by atoms with van der Waals surface area (Å²) in [5.41, 5.74) is 1.18. The summed E-state index contributed by atoms with van der Waals surface area (Å²) in [5.74, 6) is -0.344. The van der Waals surface area contributed by atoms with Gasteiger partial charge in [-0.15, -0.1) is 0 Å². The molecule has 0 bridgehead atoms. The number of carbonyl (C=O) groups is 2. The van der Waals surface area contributed by atoms with Crippen LogP contribution in [-0.2, 0) is 9.53 Å². The molecule has 7 heteroatoms. The van der Waals surface area contributed by atoms with Gasteiger partial charge in [0.05, 0.1) is 30.5 Å². The smallest absolute Gasteiger partial charge is 0.254 e. The fourth-order valence-corrected chi connectivity index (χ4v) is 2.70. The number of benzene rings is 1. The second-order valence-corrected chi connectivity index (χ2v) is 5.52. The average molecular weight is 302 g/mol. The molecule has 1 aliphatic heterocycles. The van der Waals surface area contributed by atoms with Crippen molar-refractivity contribution >= 4 is 22.8 Å². The summed E-state index contributed by atoms with van der Waals surface area (Å²) in [4.78, 5) is 33.4. The molecule has 0 spiro atoms. The second-order valence-electron chi connectivity index (χ2n) is 5.52. The zero-order valence-corrected chi connectivity index (χ0v) is 12.5. The Morgan fingerprint density at radius 2 is 2.27 bits per heavy atom. The quantitative estimate of drug-likeness (QED) is 0.847. The fourth-order valence-electron chi connectivity index (χ4n) is 2.70. The van der Waals surface area contributed by atoms with Gasteiger partial charge in [-0.25, -0.2) is 4.98 Å². The molecule has 2 amide bonds. The maximum atomic E-state index is 12.7. The van der Waals surface area contributed by atoms with Crippen molar-refractivity contribution in [2.75, 3.05) is 26.7 Å². The Kier molecular flexibility index (Phi) is 3.58. The summed E-state index contributed by atoms with van der Waals surface area (Å²) in [5, 5.41) is 2.58. The number of nitrogens with one attached hydrogen (secondary N) is 2. The van der Waals surface area contributed by atoms with Crippen LogP contribution in [0.3, 0.4) is 0 Å². The van der Waals surface area contributed by atoms with Crippen molar-refractivity contribution in [2.45, 2.75) is 12.5 Å². The Balaban J connectivity index is 1.83. The monoisotopic (exact) mass is 302 g/mol. The first-order valence-electron chi connectivity index (χ1n) is 7.12. The van der Waals surface area contributed by atoms with E-state index in [4.69, 9.17) is 4.74 Å². The SMILES string of the molecule is CNC(=O)C1(C)CN(C(=O)c2ccc3nc[nH]c3c2)CCO1. The molecule has 2 N–H and O–H groups in total. The summed E-state index contributed by atoms with van der Waals surface area (Å²) < 4.78 is 5.57. The number of rotatable bonds is 2. The number of nitrogens with zero attached hydrogens (tertiary/aromatic N) is 2. The molecule has 0 aliphatic carbocycles. The molecule has 1 fully saturated rings. The molecule has 22 heavy (non-hydrogen) atoms. The van der Waals surface area contributed by atoms with Crippen LogP contribution in [0.1, 0.15) is 17.3 Å². The Hall–Kier alpha value is -2.41. The molecule has 1 aromatic heterocycles. The number of imidazole rings is 1. The van der Waals surface area contributed by atoms with Gasteiger partial charge in [0.15, 0.2) is 5.60 Å². The third-order valence-corrected chi connectivity index (χ3v) is 3.94. The molecule has 1 saturated heterocycles. The van der Waals surface area contributed by atoms with E-state index < -0.39 is 5.60 Å². The lowest BCUT2D eigenvalue weighted by Gasteiger charge is -2.39. The first-order chi connectivity index (χ1) is 10.5. The first-order valence-corrected chi connectivity index (χ1v) is 7.12. The molecule has 2 aromatic rings. The van der Waals surface area contributed by atoms with Crippen LogP contribution < -0.4 is 5.32 Å². The van der Waals surface area contributed by atoms with Crippen molar-refractivity contribution in [3.63, 3.8) is 0 Å². The number of fused-ring (bicyclic) bond motifs is 1. The number of hydrogen-bond acceptors (Lipinski definition) is 4. The van der Waals surface area contributed by atoms with E-state index in [1.165, 1.54) is 0 Å². The molecule has 1 unspecified atom stereocenters. The zero-order chi connectivity index (χ0) is 15.7. The number of amides is 2. The van der Waals surface area contributed by atoms with Crippen molar-refractivity contribution in [3.8, 4) is 0 Å². The number of likely N-dealkylation sites (N-methyl/N-ethyl adjacent to an activating group) is 1. The second kappa shape index (κ2) is 5.42. The number of hydrogen-bond donors (Lipinski definition) is 2. The molecule has 1 aliphatic rings. The van der Waals surface area contributed by atoms with E-state index >= 15 is 0 Å². The Morgan fingerprint density at radius 1 is 1.45 bits per heavy atom. The summed E-state index contributed by atoms with van der Waals surface area (Å²) in [6.45, 7) is 2.73. The predicted octanol–water partition coefficient (Wildman–Crippen LogP) is 0.540. The lowest BCUT2D eigenvalue weighted by Crippen LogP contribution is -2.58. The molecule has 1 aromatic carbocycles. The molecule has 0 saturated carbocycles. The molecule has 3 rings (SSSR count). The maximum absolute atomic E-state index is 12.7. The largest absolute Gasteiger partial charge is 0.362 e. The lowest BCUT2D eigenvalue weighted by molar-refractivity contribution is -0.153. The van der Waals surface area contributed by atoms with Gasteiger partial charge in [0.1, 0.15) is 0 Å². The summed E-state index contributed by atoms with van der Waals surface area (Å²) in [6.07, 6.45) is 1.59. The average Bonchev–Trinajstić information content (AvgIpc) is 3.00. The summed E-state index contributed by atoms with van der Waals surface area (Å²) in [6, 6.07) is 5.33. The van der Waals surface area contributed by atoms with Gasteiger partial charge >= 0.3 is 0 Å². The van der Waals surface area contributed by atoms with Gasteiger partial charge < -0.3 is 19.9 Å². The minimum Gasteiger partial charge on any atom is -0.362 e. The molecular weight excluding hydrogens is 284 g/mol. The molecule has 2 heterocycles. The highest BCUT2D eigenvalue weighted by Crippen LogP contribution is 2.21. The van der Waals surface area contributed by atoms with E-state index in [0.29, 0.717) is 18.7 Å². The number of morpholine rings is 1. The van der Waals surface area contributed by atoms with E-state index in [1.807, 2.05) is 0 Å². The zero-order valence-electron chi connectivity index (χ0n) is 12.5. The van der Waals surface area contributed by atoms with Crippen LogP contribution in [0, 0.1) is 0 Å². The molecule has 1 atom stereocenters. The lowest BCUT2D eigenvalue weighted by atomic mass is 10.0. The minimum absolute atomic E-state index is 0.116. The van der Waals surface area contributed by atoms with Crippen molar-refractivity contribution in [1.29, 1.82) is 0 Å². The van der Waals surface area contributed by atoms with E-state index in [0.717, 1.165) is 11.0 Å². The van der Waals surface area contributed by atoms with E-state index in [9.17, 15) is 9.59 Å². The maximum Gasteiger partial charge on any atom is 0.254 e. The van der Waals surface area contributed by atoms with Crippen LogP contribution in [0.15, 0.2) is 24.5 Å². The summed E-state index contributed by atoms with van der Waals surface area (Å²) >= 11 is 0. The van der Waals surface area contributed by atoms with Crippen LogP contribution in [0.25, 0.3) is 11.0 Å². The van der Waals surface area contributed by atoms with Gasteiger partial charge in [0.2, 0.25) is 0 Å². The van der Waals surface area contributed by atoms with E-state index in [-0.39, 0.29) is 18.4 Å². The van der Waals surface area contributed by atoms with Crippen LogP contribution in [0.2, 0.25) is 0 Å². The van der Waals surface area contributed by atoms with Crippen LogP contribution >= 0.6 is 0 Å². The minimum atomic E-state index is -1.01. The number of ether oxygens (including phenoxy) is 1. The Morgan fingerprint density at radius 3 is 3.05 bits per heavy atom. The summed E-state index contributed by atoms with van der Waals surface area (Å²) in [7, 11) is 1.56. The van der Waals surface area contributed by atoms with Crippen LogP contribution in [-0.4, -0.2) is 59.0 Å². The number of carbonyl (C=O) groups excluding carboxylic acids is 2. The van der Waals surface area contributed by atoms with Gasteiger partial charge in [-0.3, -0.25) is 9.59 Å². The standard InChI is InChI=1S/C15H18N4O3/c1-15(14(21)16-2)8-19(5-6-22-15)13(20)10-3-4-11-12(7-10)18-9-17-11/h3-4,7,9H,5-6,8H2,1-2H3,(H,16,21)(H,17,18). The fraction of sp³-hybridized carbons (Fsp3) is 0.400. The molecule has 116 valence electrons. The highest BCUT2D eigenvalue weighted by Gasteiger charge is 2.40. The van der Waals surface area contributed by atoms with Gasteiger partial charge in [-0.1, -0.05) is 0 Å². The van der Waals surface area contributed by atoms with Gasteiger partial charge in [0.25, 0.3) is 11.8 Å². The van der Waals surface area contributed by atoms with Crippen molar-refractivity contribution in [3.05, 3.63) is 30.1 Å².